The van der Waals surface area contributed by atoms with Crippen molar-refractivity contribution in [1.82, 2.24) is 10.8 Å². The summed E-state index contributed by atoms with van der Waals surface area (Å²) in [4.78, 5) is 16.1. The number of hydrogen-bond acceptors (Lipinski definition) is 3. The normalized spacial score (nSPS) is 11.0. The van der Waals surface area contributed by atoms with Gasteiger partial charge in [0.15, 0.2) is 0 Å². The fraction of sp³-hybridized carbons (Fsp3) is 0.667. The number of hydrogen-bond donors (Lipinski definition) is 2. The minimum atomic E-state index is -0.353. The van der Waals surface area contributed by atoms with Crippen LogP contribution in [0.4, 0.5) is 0 Å². The van der Waals surface area contributed by atoms with Gasteiger partial charge < -0.3 is 5.32 Å². The van der Waals surface area contributed by atoms with Crippen LogP contribution in [0.25, 0.3) is 0 Å². The van der Waals surface area contributed by atoms with Crippen molar-refractivity contribution < 1.29 is 9.63 Å². The lowest BCUT2D eigenvalue weighted by Crippen LogP contribution is -2.38. The molecule has 0 aliphatic rings. The van der Waals surface area contributed by atoms with Crippen LogP contribution in [0.15, 0.2) is 12.7 Å². The molecule has 0 saturated heterocycles. The lowest BCUT2D eigenvalue weighted by molar-refractivity contribution is -0.144. The Morgan fingerprint density at radius 2 is 2.15 bits per heavy atom. The van der Waals surface area contributed by atoms with Crippen molar-refractivity contribution in [3.63, 3.8) is 0 Å². The Morgan fingerprint density at radius 3 is 2.62 bits per heavy atom. The second-order valence-electron chi connectivity index (χ2n) is 3.66. The minimum absolute atomic E-state index is 0.184. The molecule has 4 heteroatoms. The summed E-state index contributed by atoms with van der Waals surface area (Å²) >= 11 is 0. The molecule has 13 heavy (non-hydrogen) atoms. The highest BCUT2D eigenvalue weighted by Crippen LogP contribution is 2.02. The molecule has 0 aromatic heterocycles. The third-order valence-electron chi connectivity index (χ3n) is 1.05. The van der Waals surface area contributed by atoms with Gasteiger partial charge in [-0.2, -0.15) is 0 Å². The molecule has 0 heterocycles. The SMILES string of the molecule is C=CCNCC(=O)NOC(C)(C)C. The average Bonchev–Trinajstić information content (AvgIpc) is 2.00. The van der Waals surface area contributed by atoms with Crippen LogP contribution in [-0.2, 0) is 9.63 Å². The third-order valence-corrected chi connectivity index (χ3v) is 1.05. The molecule has 0 fully saturated rings. The van der Waals surface area contributed by atoms with Crippen LogP contribution < -0.4 is 10.8 Å². The first-order valence-electron chi connectivity index (χ1n) is 4.24. The molecule has 0 spiro atoms. The second kappa shape index (κ2) is 5.72. The summed E-state index contributed by atoms with van der Waals surface area (Å²) in [5.41, 5.74) is 1.99. The second-order valence-corrected chi connectivity index (χ2v) is 3.66. The molecule has 0 aliphatic heterocycles. The number of carbonyl (C=O) groups excluding carboxylic acids is 1. The maximum atomic E-state index is 11.0. The topological polar surface area (TPSA) is 50.4 Å². The van der Waals surface area contributed by atoms with E-state index in [0.717, 1.165) is 0 Å². The highest BCUT2D eigenvalue weighted by Gasteiger charge is 2.11. The van der Waals surface area contributed by atoms with Gasteiger partial charge in [0.1, 0.15) is 0 Å². The molecule has 2 N–H and O–H groups in total. The van der Waals surface area contributed by atoms with Gasteiger partial charge in [-0.3, -0.25) is 9.63 Å². The van der Waals surface area contributed by atoms with Crippen LogP contribution >= 0.6 is 0 Å². The van der Waals surface area contributed by atoms with E-state index in [4.69, 9.17) is 4.84 Å². The van der Waals surface area contributed by atoms with E-state index >= 15 is 0 Å². The quantitative estimate of drug-likeness (QED) is 0.376. The van der Waals surface area contributed by atoms with Gasteiger partial charge in [-0.1, -0.05) is 6.08 Å². The third kappa shape index (κ3) is 9.04. The lowest BCUT2D eigenvalue weighted by Gasteiger charge is -2.18. The van der Waals surface area contributed by atoms with Crippen molar-refractivity contribution in [2.24, 2.45) is 0 Å². The van der Waals surface area contributed by atoms with Crippen molar-refractivity contribution >= 4 is 5.91 Å². The molecule has 0 aromatic rings. The Hall–Kier alpha value is -0.870. The Morgan fingerprint density at radius 1 is 1.54 bits per heavy atom. The van der Waals surface area contributed by atoms with Crippen LogP contribution in [0.3, 0.4) is 0 Å². The van der Waals surface area contributed by atoms with E-state index in [1.54, 1.807) is 6.08 Å². The summed E-state index contributed by atoms with van der Waals surface area (Å²) in [6.07, 6.45) is 1.69. The van der Waals surface area contributed by atoms with Gasteiger partial charge in [0.05, 0.1) is 12.1 Å². The fourth-order valence-corrected chi connectivity index (χ4v) is 0.534. The molecule has 0 atom stereocenters. The van der Waals surface area contributed by atoms with Gasteiger partial charge in [-0.05, 0) is 20.8 Å². The molecular formula is C9H18N2O2. The molecule has 0 saturated carbocycles. The minimum Gasteiger partial charge on any atom is -0.305 e. The Balaban J connectivity index is 3.46. The van der Waals surface area contributed by atoms with E-state index in [9.17, 15) is 4.79 Å². The highest BCUT2D eigenvalue weighted by atomic mass is 16.7. The lowest BCUT2D eigenvalue weighted by atomic mass is 10.2. The van der Waals surface area contributed by atoms with Gasteiger partial charge in [-0.25, -0.2) is 5.48 Å². The molecule has 76 valence electrons. The van der Waals surface area contributed by atoms with Crippen LogP contribution in [0.2, 0.25) is 0 Å². The molecule has 0 unspecified atom stereocenters. The standard InChI is InChI=1S/C9H18N2O2/c1-5-6-10-7-8(12)11-13-9(2,3)4/h5,10H,1,6-7H2,2-4H3,(H,11,12). The first kappa shape index (κ1) is 12.1. The molecule has 0 rings (SSSR count). The van der Waals surface area contributed by atoms with Crippen LogP contribution in [0.5, 0.6) is 0 Å². The summed E-state index contributed by atoms with van der Waals surface area (Å²) in [5.74, 6) is -0.184. The van der Waals surface area contributed by atoms with Crippen LogP contribution in [0.1, 0.15) is 20.8 Å². The van der Waals surface area contributed by atoms with Gasteiger partial charge in [0.2, 0.25) is 0 Å². The van der Waals surface area contributed by atoms with Gasteiger partial charge >= 0.3 is 0 Å². The van der Waals surface area contributed by atoms with Gasteiger partial charge in [0, 0.05) is 6.54 Å². The number of carbonyl (C=O) groups is 1. The van der Waals surface area contributed by atoms with Crippen molar-refractivity contribution in [1.29, 1.82) is 0 Å². The van der Waals surface area contributed by atoms with Crippen molar-refractivity contribution in [2.75, 3.05) is 13.1 Å². The Kier molecular flexibility index (Phi) is 5.34. The zero-order valence-electron chi connectivity index (χ0n) is 8.52. The number of hydroxylamine groups is 1. The predicted molar refractivity (Wildman–Crippen MR) is 52.0 cm³/mol. The number of rotatable bonds is 5. The molecule has 0 bridgehead atoms. The van der Waals surface area contributed by atoms with E-state index in [1.165, 1.54) is 0 Å². The van der Waals surface area contributed by atoms with Gasteiger partial charge in [-0.15, -0.1) is 6.58 Å². The van der Waals surface area contributed by atoms with E-state index in [0.29, 0.717) is 6.54 Å². The smallest absolute Gasteiger partial charge is 0.257 e. The largest absolute Gasteiger partial charge is 0.305 e. The van der Waals surface area contributed by atoms with E-state index in [2.05, 4.69) is 17.4 Å². The summed E-state index contributed by atoms with van der Waals surface area (Å²) in [5, 5.41) is 2.86. The molecule has 0 aliphatic carbocycles. The summed E-state index contributed by atoms with van der Waals surface area (Å²) in [6, 6.07) is 0. The maximum absolute atomic E-state index is 11.0. The van der Waals surface area contributed by atoms with Crippen LogP contribution in [0, 0.1) is 0 Å². The summed E-state index contributed by atoms with van der Waals surface area (Å²) in [7, 11) is 0. The first-order chi connectivity index (χ1) is 5.95. The van der Waals surface area contributed by atoms with Crippen LogP contribution in [-0.4, -0.2) is 24.6 Å². The van der Waals surface area contributed by atoms with Gasteiger partial charge in [0.25, 0.3) is 5.91 Å². The maximum Gasteiger partial charge on any atom is 0.257 e. The van der Waals surface area contributed by atoms with Crippen molar-refractivity contribution in [2.45, 2.75) is 26.4 Å². The monoisotopic (exact) mass is 186 g/mol. The highest BCUT2D eigenvalue weighted by molar-refractivity contribution is 5.76. The Labute approximate surface area is 79.3 Å². The Bertz CT molecular complexity index is 173. The van der Waals surface area contributed by atoms with E-state index < -0.39 is 0 Å². The fourth-order valence-electron chi connectivity index (χ4n) is 0.534. The predicted octanol–water partition coefficient (Wildman–Crippen LogP) is 0.608. The molecule has 4 nitrogen and oxygen atoms in total. The zero-order chi connectivity index (χ0) is 10.3. The average molecular weight is 186 g/mol. The van der Waals surface area contributed by atoms with Crippen molar-refractivity contribution in [3.05, 3.63) is 12.7 Å². The molecular weight excluding hydrogens is 168 g/mol. The van der Waals surface area contributed by atoms with E-state index in [-0.39, 0.29) is 18.1 Å². The molecule has 0 radical (unpaired) electrons. The molecule has 0 aromatic carbocycles. The van der Waals surface area contributed by atoms with Crippen molar-refractivity contribution in [3.8, 4) is 0 Å². The first-order valence-corrected chi connectivity index (χ1v) is 4.24. The number of nitrogens with one attached hydrogen (secondary N) is 2. The summed E-state index contributed by atoms with van der Waals surface area (Å²) in [6.45, 7) is 9.97. The van der Waals surface area contributed by atoms with E-state index in [1.807, 2.05) is 20.8 Å². The molecule has 1 amide bonds. The summed E-state index contributed by atoms with van der Waals surface area (Å²) < 4.78 is 0. The zero-order valence-corrected chi connectivity index (χ0v) is 8.52. The number of amides is 1.